The van der Waals surface area contributed by atoms with Crippen LogP contribution in [-0.2, 0) is 9.53 Å². The van der Waals surface area contributed by atoms with E-state index >= 15 is 0 Å². The van der Waals surface area contributed by atoms with Gasteiger partial charge in [-0.1, -0.05) is 18.7 Å². The second-order valence-corrected chi connectivity index (χ2v) is 6.99. The molecule has 2 unspecified atom stereocenters. The van der Waals surface area contributed by atoms with Gasteiger partial charge in [-0.2, -0.15) is 0 Å². The van der Waals surface area contributed by atoms with Crippen molar-refractivity contribution in [1.82, 2.24) is 4.90 Å². The van der Waals surface area contributed by atoms with Gasteiger partial charge in [-0.3, -0.25) is 4.90 Å². The first kappa shape index (κ1) is 19.7. The fourth-order valence-corrected chi connectivity index (χ4v) is 3.46. The monoisotopic (exact) mass is 384 g/mol. The third-order valence-corrected chi connectivity index (χ3v) is 4.98. The minimum absolute atomic E-state index is 0.187. The molecule has 2 aromatic rings. The lowest BCUT2D eigenvalue weighted by Gasteiger charge is -2.21. The first-order chi connectivity index (χ1) is 13.3. The van der Waals surface area contributed by atoms with E-state index in [1.165, 1.54) is 12.0 Å². The van der Waals surface area contributed by atoms with E-state index in [0.29, 0.717) is 5.75 Å². The average Bonchev–Trinajstić information content (AvgIpc) is 3.11. The van der Waals surface area contributed by atoms with Crippen LogP contribution in [0.3, 0.4) is 0 Å². The Bertz CT molecular complexity index is 924. The molecule has 0 bridgehead atoms. The Morgan fingerprint density at radius 3 is 2.61 bits per heavy atom. The molecule has 2 atom stereocenters. The summed E-state index contributed by atoms with van der Waals surface area (Å²) in [7, 11) is 5.43. The van der Waals surface area contributed by atoms with Crippen molar-refractivity contribution >= 4 is 34.6 Å². The number of amides is 1. The smallest absolute Gasteiger partial charge is 0.416 e. The zero-order valence-corrected chi connectivity index (χ0v) is 16.2. The molecular weight excluding hydrogens is 360 g/mol. The average molecular weight is 384 g/mol. The molecule has 148 valence electrons. The maximum atomic E-state index is 12.6. The number of carbonyl (C=O) groups excluding carboxylic acids is 1. The van der Waals surface area contributed by atoms with Crippen molar-refractivity contribution in [1.29, 1.82) is 0 Å². The van der Waals surface area contributed by atoms with E-state index in [2.05, 4.69) is 6.58 Å². The Hall–Kier alpha value is -3.06. The maximum absolute atomic E-state index is 12.6. The van der Waals surface area contributed by atoms with Crippen molar-refractivity contribution in [3.05, 3.63) is 42.5 Å². The standard InChI is InChI=1S/C21H24N2O5/c1-5-13-8-15-9-16(7-6-14(15)10-18(13)22(2)3)28-21(26)23-12-17(27-4)11-19(23)20(24)25/h5-10,17,19H,1,11-12H2,2-4H3,(H,24,25). The van der Waals surface area contributed by atoms with E-state index in [4.69, 9.17) is 9.47 Å². The van der Waals surface area contributed by atoms with Crippen LogP contribution >= 0.6 is 0 Å². The van der Waals surface area contributed by atoms with Crippen molar-refractivity contribution in [3.8, 4) is 5.75 Å². The van der Waals surface area contributed by atoms with Crippen LogP contribution in [0.25, 0.3) is 16.8 Å². The number of ether oxygens (including phenoxy) is 2. The minimum atomic E-state index is -1.07. The Morgan fingerprint density at radius 1 is 1.25 bits per heavy atom. The highest BCUT2D eigenvalue weighted by Crippen LogP contribution is 2.30. The van der Waals surface area contributed by atoms with Crippen molar-refractivity contribution in [2.45, 2.75) is 18.6 Å². The number of rotatable bonds is 5. The zero-order valence-electron chi connectivity index (χ0n) is 16.2. The molecule has 3 rings (SSSR count). The molecule has 1 aliphatic heterocycles. The van der Waals surface area contributed by atoms with Gasteiger partial charge in [0.15, 0.2) is 0 Å². The van der Waals surface area contributed by atoms with Gasteiger partial charge in [-0.25, -0.2) is 9.59 Å². The molecule has 0 aliphatic carbocycles. The van der Waals surface area contributed by atoms with Gasteiger partial charge >= 0.3 is 12.1 Å². The predicted octanol–water partition coefficient (Wildman–Crippen LogP) is 3.22. The quantitative estimate of drug-likeness (QED) is 0.853. The van der Waals surface area contributed by atoms with Gasteiger partial charge in [-0.15, -0.1) is 0 Å². The summed E-state index contributed by atoms with van der Waals surface area (Å²) in [6.07, 6.45) is 1.01. The van der Waals surface area contributed by atoms with Crippen LogP contribution in [-0.4, -0.2) is 62.0 Å². The van der Waals surface area contributed by atoms with E-state index in [1.807, 2.05) is 37.2 Å². The van der Waals surface area contributed by atoms with Crippen LogP contribution in [0.15, 0.2) is 36.9 Å². The van der Waals surface area contributed by atoms with Gasteiger partial charge in [0.2, 0.25) is 0 Å². The fraction of sp³-hybridized carbons (Fsp3) is 0.333. The summed E-state index contributed by atoms with van der Waals surface area (Å²) in [6.45, 7) is 4.04. The molecule has 1 amide bonds. The molecule has 1 N–H and O–H groups in total. The predicted molar refractivity (Wildman–Crippen MR) is 108 cm³/mol. The van der Waals surface area contributed by atoms with Crippen LogP contribution in [0.1, 0.15) is 12.0 Å². The summed E-state index contributed by atoms with van der Waals surface area (Å²) >= 11 is 0. The number of benzene rings is 2. The van der Waals surface area contributed by atoms with Gasteiger partial charge in [0.05, 0.1) is 12.6 Å². The summed E-state index contributed by atoms with van der Waals surface area (Å²) in [4.78, 5) is 27.2. The number of likely N-dealkylation sites (tertiary alicyclic amines) is 1. The number of fused-ring (bicyclic) bond motifs is 1. The fourth-order valence-electron chi connectivity index (χ4n) is 3.46. The lowest BCUT2D eigenvalue weighted by molar-refractivity contribution is -0.141. The molecule has 1 fully saturated rings. The van der Waals surface area contributed by atoms with Crippen molar-refractivity contribution < 1.29 is 24.2 Å². The molecule has 7 nitrogen and oxygen atoms in total. The number of nitrogens with zero attached hydrogens (tertiary/aromatic N) is 2. The van der Waals surface area contributed by atoms with E-state index in [1.54, 1.807) is 18.2 Å². The van der Waals surface area contributed by atoms with E-state index in [-0.39, 0.29) is 19.1 Å². The van der Waals surface area contributed by atoms with Crippen LogP contribution in [0.4, 0.5) is 10.5 Å². The number of carboxylic acid groups (broad SMARTS) is 1. The van der Waals surface area contributed by atoms with Crippen molar-refractivity contribution in [3.63, 3.8) is 0 Å². The number of carboxylic acids is 1. The number of hydrogen-bond donors (Lipinski definition) is 1. The SMILES string of the molecule is C=Cc1cc2cc(OC(=O)N3CC(OC)CC3C(=O)O)ccc2cc1N(C)C. The van der Waals surface area contributed by atoms with Crippen LogP contribution in [0.5, 0.6) is 5.75 Å². The van der Waals surface area contributed by atoms with Crippen molar-refractivity contribution in [2.24, 2.45) is 0 Å². The number of carbonyl (C=O) groups is 2. The molecule has 0 aromatic heterocycles. The Balaban J connectivity index is 1.85. The zero-order chi connectivity index (χ0) is 20.4. The molecule has 0 radical (unpaired) electrons. The summed E-state index contributed by atoms with van der Waals surface area (Å²) in [5.41, 5.74) is 2.01. The number of anilines is 1. The Labute approximate surface area is 163 Å². The first-order valence-electron chi connectivity index (χ1n) is 8.95. The number of aliphatic carboxylic acids is 1. The molecule has 0 spiro atoms. The number of hydrogen-bond acceptors (Lipinski definition) is 5. The highest BCUT2D eigenvalue weighted by molar-refractivity contribution is 5.91. The normalized spacial score (nSPS) is 18.9. The number of methoxy groups -OCH3 is 1. The van der Waals surface area contributed by atoms with E-state index in [0.717, 1.165) is 22.0 Å². The van der Waals surface area contributed by atoms with Gasteiger partial charge in [0.1, 0.15) is 11.8 Å². The molecule has 1 heterocycles. The summed E-state index contributed by atoms with van der Waals surface area (Å²) in [5.74, 6) is -0.711. The lowest BCUT2D eigenvalue weighted by atomic mass is 10.0. The Kier molecular flexibility index (Phi) is 5.56. The molecule has 2 aromatic carbocycles. The third kappa shape index (κ3) is 3.80. The summed E-state index contributed by atoms with van der Waals surface area (Å²) < 4.78 is 10.7. The van der Waals surface area contributed by atoms with Gasteiger partial charge in [0, 0.05) is 33.3 Å². The highest BCUT2D eigenvalue weighted by atomic mass is 16.6. The van der Waals surface area contributed by atoms with E-state index < -0.39 is 18.1 Å². The van der Waals surface area contributed by atoms with Gasteiger partial charge in [0.25, 0.3) is 0 Å². The molecule has 1 aliphatic rings. The minimum Gasteiger partial charge on any atom is -0.480 e. The Morgan fingerprint density at radius 2 is 2.00 bits per heavy atom. The van der Waals surface area contributed by atoms with Crippen molar-refractivity contribution in [2.75, 3.05) is 32.6 Å². The second kappa shape index (κ2) is 7.90. The summed E-state index contributed by atoms with van der Waals surface area (Å²) in [6, 6.07) is 8.40. The molecule has 28 heavy (non-hydrogen) atoms. The molecular formula is C21H24N2O5. The van der Waals surface area contributed by atoms with Gasteiger partial charge in [-0.05, 0) is 40.6 Å². The van der Waals surface area contributed by atoms with Crippen LogP contribution < -0.4 is 9.64 Å². The van der Waals surface area contributed by atoms with E-state index in [9.17, 15) is 14.7 Å². The highest BCUT2D eigenvalue weighted by Gasteiger charge is 2.40. The summed E-state index contributed by atoms with van der Waals surface area (Å²) in [5, 5.41) is 11.3. The van der Waals surface area contributed by atoms with Crippen LogP contribution in [0, 0.1) is 0 Å². The molecule has 7 heteroatoms. The van der Waals surface area contributed by atoms with Crippen LogP contribution in [0.2, 0.25) is 0 Å². The second-order valence-electron chi connectivity index (χ2n) is 6.99. The molecule has 0 saturated carbocycles. The first-order valence-corrected chi connectivity index (χ1v) is 8.95. The van der Waals surface area contributed by atoms with Gasteiger partial charge < -0.3 is 19.5 Å². The molecule has 1 saturated heterocycles. The lowest BCUT2D eigenvalue weighted by Crippen LogP contribution is -2.42. The third-order valence-electron chi connectivity index (χ3n) is 4.98. The maximum Gasteiger partial charge on any atom is 0.416 e. The topological polar surface area (TPSA) is 79.3 Å². The largest absolute Gasteiger partial charge is 0.480 e.